The first kappa shape index (κ1) is 13.6. The van der Waals surface area contributed by atoms with E-state index < -0.39 is 4.92 Å². The molecule has 1 heterocycles. The van der Waals surface area contributed by atoms with E-state index in [2.05, 4.69) is 15.7 Å². The van der Waals surface area contributed by atoms with Crippen LogP contribution >= 0.6 is 0 Å². The van der Waals surface area contributed by atoms with Gasteiger partial charge in [0.25, 0.3) is 0 Å². The van der Waals surface area contributed by atoms with Crippen molar-refractivity contribution in [2.75, 3.05) is 17.9 Å². The minimum atomic E-state index is -0.523. The number of ether oxygens (including phenoxy) is 1. The molecule has 0 saturated carbocycles. The second kappa shape index (κ2) is 5.85. The van der Waals surface area contributed by atoms with Gasteiger partial charge in [-0.2, -0.15) is 0 Å². The second-order valence-electron chi connectivity index (χ2n) is 3.79. The number of nitro groups is 1. The average molecular weight is 275 g/mol. The van der Waals surface area contributed by atoms with Crippen LogP contribution in [0.15, 0.2) is 36.4 Å². The van der Waals surface area contributed by atoms with E-state index in [-0.39, 0.29) is 11.5 Å². The van der Waals surface area contributed by atoms with E-state index in [4.69, 9.17) is 10.6 Å². The van der Waals surface area contributed by atoms with E-state index in [0.29, 0.717) is 17.3 Å². The SMILES string of the molecule is COc1ccccc1Nc1nc(NN)ccc1[N+](=O)[O-]. The third-order valence-corrected chi connectivity index (χ3v) is 2.58. The van der Waals surface area contributed by atoms with E-state index in [9.17, 15) is 10.1 Å². The van der Waals surface area contributed by atoms with E-state index in [1.807, 2.05) is 0 Å². The highest BCUT2D eigenvalue weighted by Gasteiger charge is 2.17. The molecule has 104 valence electrons. The Kier molecular flexibility index (Phi) is 3.96. The monoisotopic (exact) mass is 275 g/mol. The van der Waals surface area contributed by atoms with Gasteiger partial charge in [0.05, 0.1) is 17.7 Å². The fourth-order valence-corrected chi connectivity index (χ4v) is 1.65. The van der Waals surface area contributed by atoms with Crippen LogP contribution in [0.1, 0.15) is 0 Å². The lowest BCUT2D eigenvalue weighted by atomic mass is 10.3. The van der Waals surface area contributed by atoms with Gasteiger partial charge in [0, 0.05) is 6.07 Å². The zero-order chi connectivity index (χ0) is 14.5. The molecule has 0 spiro atoms. The Morgan fingerprint density at radius 1 is 1.30 bits per heavy atom. The lowest BCUT2D eigenvalue weighted by Crippen LogP contribution is -2.10. The Hall–Kier alpha value is -2.87. The Balaban J connectivity index is 2.43. The number of nitrogens with zero attached hydrogens (tertiary/aromatic N) is 2. The molecule has 0 aliphatic carbocycles. The van der Waals surface area contributed by atoms with Crippen LogP contribution in [0.5, 0.6) is 5.75 Å². The summed E-state index contributed by atoms with van der Waals surface area (Å²) in [5, 5.41) is 13.9. The zero-order valence-corrected chi connectivity index (χ0v) is 10.7. The molecule has 0 aliphatic rings. The topological polar surface area (TPSA) is 115 Å². The molecule has 0 saturated heterocycles. The fourth-order valence-electron chi connectivity index (χ4n) is 1.65. The first-order chi connectivity index (χ1) is 9.65. The summed E-state index contributed by atoms with van der Waals surface area (Å²) >= 11 is 0. The smallest absolute Gasteiger partial charge is 0.311 e. The molecule has 2 rings (SSSR count). The van der Waals surface area contributed by atoms with Gasteiger partial charge in [0.2, 0.25) is 5.82 Å². The normalized spacial score (nSPS) is 9.90. The zero-order valence-electron chi connectivity index (χ0n) is 10.7. The molecular formula is C12H13N5O3. The number of nitrogens with two attached hydrogens (primary N) is 1. The van der Waals surface area contributed by atoms with Gasteiger partial charge in [-0.05, 0) is 18.2 Å². The first-order valence-electron chi connectivity index (χ1n) is 5.68. The molecule has 1 aromatic heterocycles. The van der Waals surface area contributed by atoms with E-state index >= 15 is 0 Å². The predicted octanol–water partition coefficient (Wildman–Crippen LogP) is 2.03. The van der Waals surface area contributed by atoms with Gasteiger partial charge in [0.1, 0.15) is 11.6 Å². The summed E-state index contributed by atoms with van der Waals surface area (Å²) < 4.78 is 5.17. The highest BCUT2D eigenvalue weighted by atomic mass is 16.6. The van der Waals surface area contributed by atoms with Gasteiger partial charge in [-0.15, -0.1) is 0 Å². The van der Waals surface area contributed by atoms with Crippen LogP contribution in [0.2, 0.25) is 0 Å². The largest absolute Gasteiger partial charge is 0.495 e. The summed E-state index contributed by atoms with van der Waals surface area (Å²) in [7, 11) is 1.51. The predicted molar refractivity (Wildman–Crippen MR) is 75.0 cm³/mol. The molecular weight excluding hydrogens is 262 g/mol. The standard InChI is InChI=1S/C12H13N5O3/c1-20-10-5-3-2-4-8(10)14-12-9(17(18)19)6-7-11(15-12)16-13/h2-7H,13H2,1H3,(H2,14,15,16). The fraction of sp³-hybridized carbons (Fsp3) is 0.0833. The number of pyridine rings is 1. The molecule has 0 amide bonds. The lowest BCUT2D eigenvalue weighted by Gasteiger charge is -2.11. The number of hydrogen-bond acceptors (Lipinski definition) is 7. The number of nitrogen functional groups attached to an aromatic ring is 1. The average Bonchev–Trinajstić information content (AvgIpc) is 2.47. The molecule has 2 aromatic rings. The first-order valence-corrected chi connectivity index (χ1v) is 5.68. The van der Waals surface area contributed by atoms with E-state index in [0.717, 1.165) is 0 Å². The molecule has 0 unspecified atom stereocenters. The Morgan fingerprint density at radius 3 is 2.70 bits per heavy atom. The minimum Gasteiger partial charge on any atom is -0.495 e. The summed E-state index contributed by atoms with van der Waals surface area (Å²) in [5.41, 5.74) is 2.75. The van der Waals surface area contributed by atoms with Gasteiger partial charge in [-0.3, -0.25) is 10.1 Å². The van der Waals surface area contributed by atoms with Crippen LogP contribution < -0.4 is 21.3 Å². The number of para-hydroxylation sites is 2. The van der Waals surface area contributed by atoms with Crippen LogP contribution in [-0.4, -0.2) is 17.0 Å². The third kappa shape index (κ3) is 2.75. The number of nitrogens with one attached hydrogen (secondary N) is 2. The molecule has 0 bridgehead atoms. The maximum Gasteiger partial charge on any atom is 0.311 e. The number of anilines is 3. The van der Waals surface area contributed by atoms with Crippen molar-refractivity contribution in [3.8, 4) is 5.75 Å². The molecule has 4 N–H and O–H groups in total. The Labute approximate surface area is 114 Å². The Bertz CT molecular complexity index is 632. The molecule has 8 heteroatoms. The molecule has 8 nitrogen and oxygen atoms in total. The number of aromatic nitrogens is 1. The second-order valence-corrected chi connectivity index (χ2v) is 3.79. The minimum absolute atomic E-state index is 0.0787. The highest BCUT2D eigenvalue weighted by Crippen LogP contribution is 2.31. The summed E-state index contributed by atoms with van der Waals surface area (Å²) in [6, 6.07) is 9.78. The van der Waals surface area contributed by atoms with Crippen molar-refractivity contribution in [2.45, 2.75) is 0 Å². The number of hydrogen-bond donors (Lipinski definition) is 3. The third-order valence-electron chi connectivity index (χ3n) is 2.58. The molecule has 0 radical (unpaired) electrons. The maximum atomic E-state index is 11.0. The van der Waals surface area contributed by atoms with Crippen LogP contribution in [0.3, 0.4) is 0 Å². The highest BCUT2D eigenvalue weighted by molar-refractivity contribution is 5.71. The quantitative estimate of drug-likeness (QED) is 0.434. The van der Waals surface area contributed by atoms with Gasteiger partial charge in [0.15, 0.2) is 0 Å². The molecule has 20 heavy (non-hydrogen) atoms. The molecule has 0 atom stereocenters. The molecule has 0 fully saturated rings. The maximum absolute atomic E-state index is 11.0. The summed E-state index contributed by atoms with van der Waals surface area (Å²) in [5.74, 6) is 6.20. The van der Waals surface area contributed by atoms with Gasteiger partial charge >= 0.3 is 5.69 Å². The van der Waals surface area contributed by atoms with Gasteiger partial charge < -0.3 is 15.5 Å². The summed E-state index contributed by atoms with van der Waals surface area (Å²) in [6.07, 6.45) is 0. The summed E-state index contributed by atoms with van der Waals surface area (Å²) in [4.78, 5) is 14.5. The van der Waals surface area contributed by atoms with Crippen molar-refractivity contribution in [2.24, 2.45) is 5.84 Å². The number of benzene rings is 1. The van der Waals surface area contributed by atoms with Crippen LogP contribution in [0.4, 0.5) is 23.0 Å². The number of hydrazine groups is 1. The van der Waals surface area contributed by atoms with Crippen molar-refractivity contribution < 1.29 is 9.66 Å². The van der Waals surface area contributed by atoms with Crippen molar-refractivity contribution in [1.29, 1.82) is 0 Å². The number of methoxy groups -OCH3 is 1. The van der Waals surface area contributed by atoms with Crippen LogP contribution in [-0.2, 0) is 0 Å². The van der Waals surface area contributed by atoms with Crippen LogP contribution in [0, 0.1) is 10.1 Å². The van der Waals surface area contributed by atoms with Crippen molar-refractivity contribution in [3.63, 3.8) is 0 Å². The Morgan fingerprint density at radius 2 is 2.05 bits per heavy atom. The van der Waals surface area contributed by atoms with Crippen molar-refractivity contribution in [3.05, 3.63) is 46.5 Å². The van der Waals surface area contributed by atoms with E-state index in [1.165, 1.54) is 19.2 Å². The number of rotatable bonds is 5. The molecule has 1 aromatic carbocycles. The van der Waals surface area contributed by atoms with E-state index in [1.54, 1.807) is 24.3 Å². The van der Waals surface area contributed by atoms with Gasteiger partial charge in [-0.1, -0.05) is 12.1 Å². The van der Waals surface area contributed by atoms with Crippen molar-refractivity contribution >= 4 is 23.0 Å². The molecule has 0 aliphatic heterocycles. The van der Waals surface area contributed by atoms with Crippen molar-refractivity contribution in [1.82, 2.24) is 4.98 Å². The van der Waals surface area contributed by atoms with Crippen LogP contribution in [0.25, 0.3) is 0 Å². The lowest BCUT2D eigenvalue weighted by molar-refractivity contribution is -0.384. The summed E-state index contributed by atoms with van der Waals surface area (Å²) in [6.45, 7) is 0. The van der Waals surface area contributed by atoms with Gasteiger partial charge in [-0.25, -0.2) is 10.8 Å².